The second-order valence-electron chi connectivity index (χ2n) is 7.83. The van der Waals surface area contributed by atoms with Crippen LogP contribution in [0.3, 0.4) is 0 Å². The van der Waals surface area contributed by atoms with E-state index in [1.54, 1.807) is 23.7 Å². The number of piperidine rings is 1. The van der Waals surface area contributed by atoms with Crippen molar-refractivity contribution in [1.29, 1.82) is 0 Å². The van der Waals surface area contributed by atoms with Crippen LogP contribution in [0.25, 0.3) is 5.82 Å². The molecule has 2 aliphatic rings. The van der Waals surface area contributed by atoms with Crippen molar-refractivity contribution in [2.45, 2.75) is 45.6 Å². The Hall–Kier alpha value is -2.70. The van der Waals surface area contributed by atoms with Gasteiger partial charge in [-0.25, -0.2) is 9.67 Å². The van der Waals surface area contributed by atoms with Gasteiger partial charge in [0.15, 0.2) is 5.82 Å². The number of nitrogens with zero attached hydrogens (tertiary/aromatic N) is 4. The lowest BCUT2D eigenvalue weighted by atomic mass is 9.93. The lowest BCUT2D eigenvalue weighted by Crippen LogP contribution is -2.49. The van der Waals surface area contributed by atoms with E-state index in [-0.39, 0.29) is 11.8 Å². The summed E-state index contributed by atoms with van der Waals surface area (Å²) in [5.74, 6) is 0.351. The molecule has 1 spiro atoms. The molecule has 1 aliphatic heterocycles. The van der Waals surface area contributed by atoms with E-state index >= 15 is 0 Å². The van der Waals surface area contributed by atoms with Crippen LogP contribution in [0.2, 0.25) is 0 Å². The maximum Gasteiger partial charge on any atom is 0.253 e. The molecule has 27 heavy (non-hydrogen) atoms. The Bertz CT molecular complexity index is 844. The molecule has 1 aliphatic carbocycles. The van der Waals surface area contributed by atoms with Crippen LogP contribution in [-0.2, 0) is 4.79 Å². The van der Waals surface area contributed by atoms with E-state index in [9.17, 15) is 9.59 Å². The Labute approximate surface area is 158 Å². The molecule has 1 atom stereocenters. The normalized spacial score (nSPS) is 19.0. The Morgan fingerprint density at radius 3 is 2.44 bits per heavy atom. The first kappa shape index (κ1) is 17.7. The number of likely N-dealkylation sites (tertiary alicyclic amines) is 1. The molecule has 2 aromatic heterocycles. The lowest BCUT2D eigenvalue weighted by Gasteiger charge is -2.33. The summed E-state index contributed by atoms with van der Waals surface area (Å²) in [7, 11) is 0. The van der Waals surface area contributed by atoms with Crippen LogP contribution in [-0.4, -0.2) is 50.6 Å². The van der Waals surface area contributed by atoms with Crippen molar-refractivity contribution in [3.8, 4) is 5.82 Å². The molecular weight excluding hydrogens is 342 g/mol. The van der Waals surface area contributed by atoms with Crippen molar-refractivity contribution >= 4 is 11.8 Å². The summed E-state index contributed by atoms with van der Waals surface area (Å²) in [4.78, 5) is 31.3. The molecule has 1 N–H and O–H groups in total. The van der Waals surface area contributed by atoms with Crippen LogP contribution in [0, 0.1) is 12.3 Å². The molecule has 2 aromatic rings. The van der Waals surface area contributed by atoms with Gasteiger partial charge in [-0.2, -0.15) is 5.10 Å². The van der Waals surface area contributed by atoms with Crippen LogP contribution in [0.5, 0.6) is 0 Å². The van der Waals surface area contributed by atoms with E-state index < -0.39 is 6.04 Å². The van der Waals surface area contributed by atoms with E-state index in [1.165, 1.54) is 19.0 Å². The minimum absolute atomic E-state index is 0.00422. The third kappa shape index (κ3) is 3.72. The second-order valence-corrected chi connectivity index (χ2v) is 7.83. The lowest BCUT2D eigenvalue weighted by molar-refractivity contribution is -0.134. The van der Waals surface area contributed by atoms with Gasteiger partial charge in [-0.1, -0.05) is 0 Å². The highest BCUT2D eigenvalue weighted by atomic mass is 16.2. The SMILES string of the molecule is Cc1ccn(-c2ccc(C(=O)N[C@@H](C)C(=O)N3CCC4(CC3)CC4)cn2)n1. The zero-order valence-corrected chi connectivity index (χ0v) is 15.8. The third-order valence-electron chi connectivity index (χ3n) is 5.78. The van der Waals surface area contributed by atoms with Crippen molar-refractivity contribution in [2.75, 3.05) is 13.1 Å². The summed E-state index contributed by atoms with van der Waals surface area (Å²) in [5, 5.41) is 7.10. The van der Waals surface area contributed by atoms with E-state index in [4.69, 9.17) is 0 Å². The van der Waals surface area contributed by atoms with Crippen LogP contribution < -0.4 is 5.32 Å². The predicted molar refractivity (Wildman–Crippen MR) is 101 cm³/mol. The maximum atomic E-state index is 12.6. The zero-order chi connectivity index (χ0) is 19.0. The van der Waals surface area contributed by atoms with Gasteiger partial charge in [0.2, 0.25) is 5.91 Å². The number of carbonyl (C=O) groups is 2. The van der Waals surface area contributed by atoms with Crippen molar-refractivity contribution in [2.24, 2.45) is 5.41 Å². The first-order valence-electron chi connectivity index (χ1n) is 9.54. The van der Waals surface area contributed by atoms with Crippen LogP contribution >= 0.6 is 0 Å². The molecule has 1 saturated heterocycles. The van der Waals surface area contributed by atoms with E-state index in [0.717, 1.165) is 31.6 Å². The summed E-state index contributed by atoms with van der Waals surface area (Å²) in [6.07, 6.45) is 8.14. The van der Waals surface area contributed by atoms with Gasteiger partial charge < -0.3 is 10.2 Å². The molecular formula is C20H25N5O2. The first-order valence-corrected chi connectivity index (χ1v) is 9.54. The smallest absolute Gasteiger partial charge is 0.253 e. The van der Waals surface area contributed by atoms with Crippen LogP contribution in [0.4, 0.5) is 0 Å². The summed E-state index contributed by atoms with van der Waals surface area (Å²) in [6.45, 7) is 5.26. The van der Waals surface area contributed by atoms with Gasteiger partial charge in [0, 0.05) is 25.5 Å². The molecule has 0 aromatic carbocycles. The fourth-order valence-corrected chi connectivity index (χ4v) is 3.69. The number of hydrogen-bond acceptors (Lipinski definition) is 4. The van der Waals surface area contributed by atoms with Gasteiger partial charge in [-0.05, 0) is 63.1 Å². The number of aromatic nitrogens is 3. The standard InChI is InChI=1S/C20H25N5O2/c1-14-5-10-25(23-14)17-4-3-16(13-21-17)18(26)22-15(2)19(27)24-11-8-20(6-7-20)9-12-24/h3-5,10,13,15H,6-9,11-12H2,1-2H3,(H,22,26)/t15-/m0/s1. The number of pyridine rings is 1. The molecule has 0 bridgehead atoms. The highest BCUT2D eigenvalue weighted by molar-refractivity contribution is 5.97. The number of nitrogens with one attached hydrogen (secondary N) is 1. The Morgan fingerprint density at radius 2 is 1.89 bits per heavy atom. The van der Waals surface area contributed by atoms with E-state index in [2.05, 4.69) is 15.4 Å². The summed E-state index contributed by atoms with van der Waals surface area (Å²) in [6, 6.07) is 4.79. The quantitative estimate of drug-likeness (QED) is 0.897. The zero-order valence-electron chi connectivity index (χ0n) is 15.8. The first-order chi connectivity index (χ1) is 13.0. The Balaban J connectivity index is 1.34. The highest BCUT2D eigenvalue weighted by Crippen LogP contribution is 2.53. The molecule has 3 heterocycles. The molecule has 7 heteroatoms. The van der Waals surface area contributed by atoms with Crippen molar-refractivity contribution < 1.29 is 9.59 Å². The Morgan fingerprint density at radius 1 is 1.15 bits per heavy atom. The average molecular weight is 367 g/mol. The Kier molecular flexibility index (Phi) is 4.45. The average Bonchev–Trinajstić information content (AvgIpc) is 3.29. The monoisotopic (exact) mass is 367 g/mol. The molecule has 1 saturated carbocycles. The van der Waals surface area contributed by atoms with Crippen molar-refractivity contribution in [1.82, 2.24) is 25.0 Å². The van der Waals surface area contributed by atoms with E-state index in [0.29, 0.717) is 16.8 Å². The highest BCUT2D eigenvalue weighted by Gasteiger charge is 2.45. The molecule has 0 unspecified atom stereocenters. The molecule has 0 radical (unpaired) electrons. The number of rotatable bonds is 4. The number of carbonyl (C=O) groups excluding carboxylic acids is 2. The second kappa shape index (κ2) is 6.79. The molecule has 2 amide bonds. The predicted octanol–water partition coefficient (Wildman–Crippen LogP) is 2.10. The van der Waals surface area contributed by atoms with Gasteiger partial charge in [0.05, 0.1) is 11.3 Å². The summed E-state index contributed by atoms with van der Waals surface area (Å²) in [5.41, 5.74) is 1.86. The molecule has 4 rings (SSSR count). The van der Waals surface area contributed by atoms with Gasteiger partial charge in [-0.15, -0.1) is 0 Å². The van der Waals surface area contributed by atoms with Gasteiger partial charge in [0.1, 0.15) is 6.04 Å². The number of amides is 2. The fourth-order valence-electron chi connectivity index (χ4n) is 3.69. The summed E-state index contributed by atoms with van der Waals surface area (Å²) >= 11 is 0. The van der Waals surface area contributed by atoms with E-state index in [1.807, 2.05) is 24.1 Å². The molecule has 7 nitrogen and oxygen atoms in total. The maximum absolute atomic E-state index is 12.6. The van der Waals surface area contributed by atoms with Gasteiger partial charge in [0.25, 0.3) is 5.91 Å². The minimum atomic E-state index is -0.542. The topological polar surface area (TPSA) is 80.1 Å². The third-order valence-corrected chi connectivity index (χ3v) is 5.78. The van der Waals surface area contributed by atoms with Crippen molar-refractivity contribution in [3.05, 3.63) is 41.9 Å². The van der Waals surface area contributed by atoms with Gasteiger partial charge >= 0.3 is 0 Å². The minimum Gasteiger partial charge on any atom is -0.341 e. The number of hydrogen-bond donors (Lipinski definition) is 1. The fraction of sp³-hybridized carbons (Fsp3) is 0.500. The molecule has 142 valence electrons. The van der Waals surface area contributed by atoms with Gasteiger partial charge in [-0.3, -0.25) is 9.59 Å². The van der Waals surface area contributed by atoms with Crippen molar-refractivity contribution in [3.63, 3.8) is 0 Å². The largest absolute Gasteiger partial charge is 0.341 e. The molecule has 2 fully saturated rings. The van der Waals surface area contributed by atoms with Crippen LogP contribution in [0.15, 0.2) is 30.6 Å². The van der Waals surface area contributed by atoms with Crippen LogP contribution in [0.1, 0.15) is 48.7 Å². The number of aryl methyl sites for hydroxylation is 1. The summed E-state index contributed by atoms with van der Waals surface area (Å²) < 4.78 is 1.66.